The van der Waals surface area contributed by atoms with E-state index in [1.54, 1.807) is 30.1 Å². The van der Waals surface area contributed by atoms with Crippen molar-refractivity contribution in [3.63, 3.8) is 0 Å². The summed E-state index contributed by atoms with van der Waals surface area (Å²) < 4.78 is 24.1. The monoisotopic (exact) mass is 361 g/mol. The number of nitrogens with zero attached hydrogens (tertiary/aromatic N) is 3. The van der Waals surface area contributed by atoms with Crippen molar-refractivity contribution < 1.29 is 18.7 Å². The van der Waals surface area contributed by atoms with Gasteiger partial charge in [-0.25, -0.2) is 9.37 Å². The first kappa shape index (κ1) is 17.9. The normalized spacial score (nSPS) is 14.0. The maximum atomic E-state index is 13.5. The quantitative estimate of drug-likeness (QED) is 0.841. The minimum atomic E-state index is -0.545. The molecule has 0 radical (unpaired) electrons. The fourth-order valence-corrected chi connectivity index (χ4v) is 2.60. The van der Waals surface area contributed by atoms with Gasteiger partial charge in [0.1, 0.15) is 5.75 Å². The van der Waals surface area contributed by atoms with Crippen molar-refractivity contribution in [1.29, 1.82) is 0 Å². The van der Waals surface area contributed by atoms with Crippen molar-refractivity contribution in [1.82, 2.24) is 14.9 Å². The first-order valence-corrected chi connectivity index (χ1v) is 8.14. The second-order valence-corrected chi connectivity index (χ2v) is 5.58. The highest BCUT2D eigenvalue weighted by molar-refractivity contribution is 5.95. The van der Waals surface area contributed by atoms with Crippen molar-refractivity contribution in [3.8, 4) is 5.75 Å². The SMILES string of the molecule is CNc1nc(Nc2ccc(C(=O)N3CCOCC3)cc2OC)ncc1F. The van der Waals surface area contributed by atoms with Crippen LogP contribution in [0.4, 0.5) is 21.8 Å². The van der Waals surface area contributed by atoms with E-state index in [1.165, 1.54) is 7.11 Å². The Hall–Kier alpha value is -2.94. The van der Waals surface area contributed by atoms with E-state index < -0.39 is 5.82 Å². The fourth-order valence-electron chi connectivity index (χ4n) is 2.60. The van der Waals surface area contributed by atoms with Crippen molar-refractivity contribution >= 4 is 23.4 Å². The highest BCUT2D eigenvalue weighted by Gasteiger charge is 2.20. The Bertz CT molecular complexity index is 796. The van der Waals surface area contributed by atoms with Crippen LogP contribution in [0.5, 0.6) is 5.75 Å². The zero-order valence-corrected chi connectivity index (χ0v) is 14.6. The van der Waals surface area contributed by atoms with Gasteiger partial charge in [0.05, 0.1) is 32.2 Å². The lowest BCUT2D eigenvalue weighted by atomic mass is 10.1. The van der Waals surface area contributed by atoms with Crippen molar-refractivity contribution in [2.24, 2.45) is 0 Å². The number of ether oxygens (including phenoxy) is 2. The molecule has 0 saturated carbocycles. The Morgan fingerprint density at radius 2 is 2.12 bits per heavy atom. The molecule has 8 nitrogen and oxygen atoms in total. The Morgan fingerprint density at radius 1 is 1.35 bits per heavy atom. The Balaban J connectivity index is 1.81. The van der Waals surface area contributed by atoms with Gasteiger partial charge in [0, 0.05) is 25.7 Å². The Kier molecular flexibility index (Phi) is 5.47. The molecule has 2 N–H and O–H groups in total. The number of carbonyl (C=O) groups is 1. The van der Waals surface area contributed by atoms with Crippen LogP contribution in [0.3, 0.4) is 0 Å². The van der Waals surface area contributed by atoms with Crippen LogP contribution in [-0.2, 0) is 4.74 Å². The minimum Gasteiger partial charge on any atom is -0.495 e. The van der Waals surface area contributed by atoms with Gasteiger partial charge in [-0.15, -0.1) is 0 Å². The van der Waals surface area contributed by atoms with E-state index in [0.717, 1.165) is 6.20 Å². The molecule has 2 heterocycles. The minimum absolute atomic E-state index is 0.0753. The van der Waals surface area contributed by atoms with Crippen LogP contribution in [0.25, 0.3) is 0 Å². The number of hydrogen-bond acceptors (Lipinski definition) is 7. The molecule has 0 spiro atoms. The highest BCUT2D eigenvalue weighted by atomic mass is 19.1. The molecule has 0 aliphatic carbocycles. The largest absolute Gasteiger partial charge is 0.495 e. The molecule has 26 heavy (non-hydrogen) atoms. The third kappa shape index (κ3) is 3.83. The van der Waals surface area contributed by atoms with Gasteiger partial charge in [-0.2, -0.15) is 4.98 Å². The van der Waals surface area contributed by atoms with Crippen LogP contribution < -0.4 is 15.4 Å². The number of benzene rings is 1. The summed E-state index contributed by atoms with van der Waals surface area (Å²) in [5, 5.41) is 5.62. The molecule has 9 heteroatoms. The summed E-state index contributed by atoms with van der Waals surface area (Å²) in [6.07, 6.45) is 1.07. The number of morpholine rings is 1. The predicted molar refractivity (Wildman–Crippen MR) is 94.5 cm³/mol. The molecule has 1 aliphatic heterocycles. The van der Waals surface area contributed by atoms with Gasteiger partial charge in [-0.3, -0.25) is 4.79 Å². The van der Waals surface area contributed by atoms with Crippen LogP contribution in [0.2, 0.25) is 0 Å². The molecule has 1 aliphatic rings. The third-order valence-electron chi connectivity index (χ3n) is 3.97. The van der Waals surface area contributed by atoms with Crippen LogP contribution in [0.15, 0.2) is 24.4 Å². The molecule has 138 valence electrons. The summed E-state index contributed by atoms with van der Waals surface area (Å²) >= 11 is 0. The summed E-state index contributed by atoms with van der Waals surface area (Å²) in [6.45, 7) is 2.21. The molecule has 0 unspecified atom stereocenters. The highest BCUT2D eigenvalue weighted by Crippen LogP contribution is 2.28. The fraction of sp³-hybridized carbons (Fsp3) is 0.353. The smallest absolute Gasteiger partial charge is 0.254 e. The van der Waals surface area contributed by atoms with E-state index >= 15 is 0 Å². The van der Waals surface area contributed by atoms with Crippen LogP contribution in [0.1, 0.15) is 10.4 Å². The molecule has 1 saturated heterocycles. The standard InChI is InChI=1S/C17H20FN5O3/c1-19-15-12(18)10-20-17(22-15)21-13-4-3-11(9-14(13)25-2)16(24)23-5-7-26-8-6-23/h3-4,9-10H,5-8H2,1-2H3,(H2,19,20,21,22). The first-order valence-electron chi connectivity index (χ1n) is 8.14. The summed E-state index contributed by atoms with van der Waals surface area (Å²) in [7, 11) is 3.08. The molecule has 1 fully saturated rings. The molecular weight excluding hydrogens is 341 g/mol. The van der Waals surface area contributed by atoms with Crippen molar-refractivity contribution in [3.05, 3.63) is 35.8 Å². The van der Waals surface area contributed by atoms with E-state index in [1.807, 2.05) is 0 Å². The third-order valence-corrected chi connectivity index (χ3v) is 3.97. The van der Waals surface area contributed by atoms with E-state index in [9.17, 15) is 9.18 Å². The number of aromatic nitrogens is 2. The molecule has 2 aromatic rings. The van der Waals surface area contributed by atoms with Crippen LogP contribution in [-0.4, -0.2) is 61.2 Å². The lowest BCUT2D eigenvalue weighted by Crippen LogP contribution is -2.40. The summed E-state index contributed by atoms with van der Waals surface area (Å²) in [6, 6.07) is 5.06. The molecule has 1 aromatic carbocycles. The average molecular weight is 361 g/mol. The number of rotatable bonds is 5. The van der Waals surface area contributed by atoms with Gasteiger partial charge in [0.25, 0.3) is 5.91 Å². The van der Waals surface area contributed by atoms with E-state index in [2.05, 4.69) is 20.6 Å². The molecule has 0 atom stereocenters. The van der Waals surface area contributed by atoms with Gasteiger partial charge in [0.2, 0.25) is 5.95 Å². The van der Waals surface area contributed by atoms with Gasteiger partial charge in [0.15, 0.2) is 11.6 Å². The van der Waals surface area contributed by atoms with Crippen LogP contribution in [0, 0.1) is 5.82 Å². The number of amides is 1. The topological polar surface area (TPSA) is 88.6 Å². The van der Waals surface area contributed by atoms with Crippen LogP contribution >= 0.6 is 0 Å². The second kappa shape index (κ2) is 7.96. The molecular formula is C17H20FN5O3. The number of anilines is 3. The van der Waals surface area contributed by atoms with E-state index in [0.29, 0.717) is 43.3 Å². The lowest BCUT2D eigenvalue weighted by molar-refractivity contribution is 0.0302. The lowest BCUT2D eigenvalue weighted by Gasteiger charge is -2.27. The zero-order chi connectivity index (χ0) is 18.5. The van der Waals surface area contributed by atoms with Crippen molar-refractivity contribution in [2.45, 2.75) is 0 Å². The van der Waals surface area contributed by atoms with Gasteiger partial charge in [-0.1, -0.05) is 0 Å². The molecule has 0 bridgehead atoms. The number of methoxy groups -OCH3 is 1. The van der Waals surface area contributed by atoms with E-state index in [4.69, 9.17) is 9.47 Å². The summed E-state index contributed by atoms with van der Waals surface area (Å²) in [5.74, 6) is 0.134. The Morgan fingerprint density at radius 3 is 2.81 bits per heavy atom. The number of nitrogens with one attached hydrogen (secondary N) is 2. The van der Waals surface area contributed by atoms with E-state index in [-0.39, 0.29) is 17.7 Å². The van der Waals surface area contributed by atoms with Gasteiger partial charge in [-0.05, 0) is 18.2 Å². The summed E-state index contributed by atoms with van der Waals surface area (Å²) in [5.41, 5.74) is 1.09. The molecule has 3 rings (SSSR count). The number of hydrogen-bond donors (Lipinski definition) is 2. The average Bonchev–Trinajstić information content (AvgIpc) is 2.69. The number of carbonyl (C=O) groups excluding carboxylic acids is 1. The second-order valence-electron chi connectivity index (χ2n) is 5.58. The molecule has 1 amide bonds. The Labute approximate surface area is 150 Å². The molecule has 1 aromatic heterocycles. The maximum Gasteiger partial charge on any atom is 0.254 e. The number of halogens is 1. The van der Waals surface area contributed by atoms with Gasteiger partial charge >= 0.3 is 0 Å². The summed E-state index contributed by atoms with van der Waals surface area (Å²) in [4.78, 5) is 22.3. The maximum absolute atomic E-state index is 13.5. The van der Waals surface area contributed by atoms with Crippen molar-refractivity contribution in [2.75, 3.05) is 51.1 Å². The first-order chi connectivity index (χ1) is 12.6. The predicted octanol–water partition coefficient (Wildman–Crippen LogP) is 1.88. The zero-order valence-electron chi connectivity index (χ0n) is 14.6. The van der Waals surface area contributed by atoms with Gasteiger partial charge < -0.3 is 25.0 Å².